The molecule has 0 spiro atoms. The van der Waals surface area contributed by atoms with Crippen LogP contribution in [-0.2, 0) is 26.3 Å². The molecule has 1 aromatic heterocycles. The van der Waals surface area contributed by atoms with Gasteiger partial charge in [0.05, 0.1) is 16.8 Å². The van der Waals surface area contributed by atoms with E-state index < -0.39 is 5.41 Å². The summed E-state index contributed by atoms with van der Waals surface area (Å²) in [6.45, 7) is 1.58. The molecule has 1 heterocycles. The fraction of sp³-hybridized carbons (Fsp3) is 0.316. The van der Waals surface area contributed by atoms with Gasteiger partial charge < -0.3 is 10.1 Å². The molecule has 1 aliphatic rings. The van der Waals surface area contributed by atoms with Crippen molar-refractivity contribution in [1.82, 2.24) is 5.32 Å². The average molecular weight is 357 g/mol. The number of hydrogen-bond acceptors (Lipinski definition) is 5. The van der Waals surface area contributed by atoms with E-state index >= 15 is 0 Å². The van der Waals surface area contributed by atoms with Crippen LogP contribution >= 0.6 is 11.3 Å². The van der Waals surface area contributed by atoms with E-state index in [2.05, 4.69) is 5.32 Å². The maximum Gasteiger partial charge on any atom is 0.317 e. The van der Waals surface area contributed by atoms with Gasteiger partial charge in [-0.3, -0.25) is 14.4 Å². The molecule has 2 aromatic rings. The minimum absolute atomic E-state index is 0.120. The molecular weight excluding hydrogens is 338 g/mol. The Morgan fingerprint density at radius 2 is 1.84 bits per heavy atom. The van der Waals surface area contributed by atoms with Crippen LogP contribution in [0.4, 0.5) is 0 Å². The van der Waals surface area contributed by atoms with E-state index in [1.165, 1.54) is 18.3 Å². The number of carbonyl (C=O) groups is 3. The van der Waals surface area contributed by atoms with Crippen LogP contribution in [0.1, 0.15) is 39.9 Å². The lowest BCUT2D eigenvalue weighted by Gasteiger charge is -2.14. The number of benzene rings is 1. The molecule has 1 fully saturated rings. The number of esters is 1. The molecule has 5 nitrogen and oxygen atoms in total. The molecule has 0 aliphatic heterocycles. The first-order valence-corrected chi connectivity index (χ1v) is 8.92. The number of hydrogen-bond donors (Lipinski definition) is 1. The van der Waals surface area contributed by atoms with Crippen molar-refractivity contribution in [2.45, 2.75) is 31.7 Å². The summed E-state index contributed by atoms with van der Waals surface area (Å²) in [5, 5.41) is 2.69. The van der Waals surface area contributed by atoms with E-state index in [-0.39, 0.29) is 24.3 Å². The summed E-state index contributed by atoms with van der Waals surface area (Å²) in [5.41, 5.74) is 0.370. The highest BCUT2D eigenvalue weighted by Gasteiger charge is 2.52. The Kier molecular flexibility index (Phi) is 4.99. The summed E-state index contributed by atoms with van der Waals surface area (Å²) in [4.78, 5) is 37.0. The van der Waals surface area contributed by atoms with Gasteiger partial charge in [0.1, 0.15) is 0 Å². The van der Waals surface area contributed by atoms with Crippen LogP contribution in [0.5, 0.6) is 0 Å². The molecule has 1 N–H and O–H groups in total. The van der Waals surface area contributed by atoms with Crippen molar-refractivity contribution < 1.29 is 19.1 Å². The molecule has 1 amide bonds. The number of carbonyl (C=O) groups excluding carboxylic acids is 3. The zero-order chi connectivity index (χ0) is 17.9. The van der Waals surface area contributed by atoms with Crippen molar-refractivity contribution >= 4 is 29.0 Å². The minimum atomic E-state index is -0.576. The first-order chi connectivity index (χ1) is 12.0. The molecule has 1 aliphatic carbocycles. The number of amides is 1. The predicted octanol–water partition coefficient (Wildman–Crippen LogP) is 2.84. The molecule has 0 saturated heterocycles. The van der Waals surface area contributed by atoms with Crippen LogP contribution in [0, 0.1) is 0 Å². The normalized spacial score (nSPS) is 14.6. The molecule has 6 heteroatoms. The predicted molar refractivity (Wildman–Crippen MR) is 94.5 cm³/mol. The Morgan fingerprint density at radius 1 is 1.12 bits per heavy atom. The zero-order valence-corrected chi connectivity index (χ0v) is 14.7. The Hall–Kier alpha value is -2.47. The van der Waals surface area contributed by atoms with Crippen molar-refractivity contribution in [3.8, 4) is 0 Å². The average Bonchev–Trinajstić information content (AvgIpc) is 3.30. The van der Waals surface area contributed by atoms with Gasteiger partial charge >= 0.3 is 5.97 Å². The number of Topliss-reactive ketones (excluding diaryl/α,β-unsaturated/α-hetero) is 1. The van der Waals surface area contributed by atoms with Crippen molar-refractivity contribution in [3.05, 3.63) is 57.8 Å². The Bertz CT molecular complexity index is 793. The van der Waals surface area contributed by atoms with Gasteiger partial charge in [-0.25, -0.2) is 0 Å². The second-order valence-corrected chi connectivity index (χ2v) is 7.29. The summed E-state index contributed by atoms with van der Waals surface area (Å²) in [7, 11) is 0. The second kappa shape index (κ2) is 7.19. The quantitative estimate of drug-likeness (QED) is 0.611. The van der Waals surface area contributed by atoms with E-state index in [4.69, 9.17) is 4.74 Å². The first-order valence-electron chi connectivity index (χ1n) is 8.10. The van der Waals surface area contributed by atoms with Gasteiger partial charge in [-0.1, -0.05) is 30.3 Å². The summed E-state index contributed by atoms with van der Waals surface area (Å²) in [6.07, 6.45) is 1.51. The third kappa shape index (κ3) is 3.96. The summed E-state index contributed by atoms with van der Waals surface area (Å²) >= 11 is 1.30. The van der Waals surface area contributed by atoms with Crippen molar-refractivity contribution in [1.29, 1.82) is 0 Å². The molecule has 3 rings (SSSR count). The van der Waals surface area contributed by atoms with Gasteiger partial charge in [0, 0.05) is 11.8 Å². The Labute approximate surface area is 150 Å². The van der Waals surface area contributed by atoms with E-state index in [9.17, 15) is 14.4 Å². The summed E-state index contributed by atoms with van der Waals surface area (Å²) < 4.78 is 5.30. The van der Waals surface area contributed by atoms with Gasteiger partial charge in [-0.2, -0.15) is 0 Å². The Balaban J connectivity index is 1.56. The number of thiophene rings is 1. The van der Waals surface area contributed by atoms with Gasteiger partial charge in [-0.15, -0.1) is 11.3 Å². The standard InChI is InChI=1S/C19H19NO4S/c1-13(21)20-11-15-7-8-17(25-15)16(22)12-24-18(23)19(9-10-19)14-5-3-2-4-6-14/h2-8H,9-12H2,1H3,(H,20,21). The van der Waals surface area contributed by atoms with Crippen LogP contribution in [0.15, 0.2) is 42.5 Å². The highest BCUT2D eigenvalue weighted by Crippen LogP contribution is 2.49. The molecule has 0 atom stereocenters. The topological polar surface area (TPSA) is 72.5 Å². The molecule has 0 bridgehead atoms. The van der Waals surface area contributed by atoms with E-state index in [0.29, 0.717) is 11.4 Å². The smallest absolute Gasteiger partial charge is 0.317 e. The third-order valence-electron chi connectivity index (χ3n) is 4.25. The number of nitrogens with one attached hydrogen (secondary N) is 1. The van der Waals surface area contributed by atoms with Gasteiger partial charge in [0.15, 0.2) is 6.61 Å². The van der Waals surface area contributed by atoms with Crippen LogP contribution in [-0.4, -0.2) is 24.3 Å². The summed E-state index contributed by atoms with van der Waals surface area (Å²) in [6, 6.07) is 13.0. The fourth-order valence-corrected chi connectivity index (χ4v) is 3.54. The zero-order valence-electron chi connectivity index (χ0n) is 13.9. The minimum Gasteiger partial charge on any atom is -0.457 e. The van der Waals surface area contributed by atoms with Crippen molar-refractivity contribution in [2.75, 3.05) is 6.61 Å². The highest BCUT2D eigenvalue weighted by atomic mass is 32.1. The van der Waals surface area contributed by atoms with E-state index in [1.807, 2.05) is 30.3 Å². The van der Waals surface area contributed by atoms with Gasteiger partial charge in [0.25, 0.3) is 0 Å². The first kappa shape index (κ1) is 17.4. The molecule has 25 heavy (non-hydrogen) atoms. The van der Waals surface area contributed by atoms with E-state index in [0.717, 1.165) is 23.3 Å². The number of ether oxygens (including phenoxy) is 1. The molecule has 1 saturated carbocycles. The molecular formula is C19H19NO4S. The van der Waals surface area contributed by atoms with Crippen molar-refractivity contribution in [2.24, 2.45) is 0 Å². The van der Waals surface area contributed by atoms with Crippen LogP contribution in [0.25, 0.3) is 0 Å². The maximum absolute atomic E-state index is 12.4. The van der Waals surface area contributed by atoms with Gasteiger partial charge in [0.2, 0.25) is 11.7 Å². The van der Waals surface area contributed by atoms with Crippen LogP contribution in [0.3, 0.4) is 0 Å². The lowest BCUT2D eigenvalue weighted by molar-refractivity contribution is -0.145. The maximum atomic E-state index is 12.4. The molecule has 0 unspecified atom stereocenters. The van der Waals surface area contributed by atoms with Gasteiger partial charge in [-0.05, 0) is 30.5 Å². The largest absolute Gasteiger partial charge is 0.457 e. The molecule has 130 valence electrons. The van der Waals surface area contributed by atoms with Crippen LogP contribution in [0.2, 0.25) is 0 Å². The van der Waals surface area contributed by atoms with E-state index in [1.54, 1.807) is 12.1 Å². The lowest BCUT2D eigenvalue weighted by atomic mass is 9.96. The monoisotopic (exact) mass is 357 g/mol. The summed E-state index contributed by atoms with van der Waals surface area (Å²) in [5.74, 6) is -0.677. The third-order valence-corrected chi connectivity index (χ3v) is 5.38. The van der Waals surface area contributed by atoms with Crippen molar-refractivity contribution in [3.63, 3.8) is 0 Å². The Morgan fingerprint density at radius 3 is 2.48 bits per heavy atom. The van der Waals surface area contributed by atoms with Crippen LogP contribution < -0.4 is 5.32 Å². The SMILES string of the molecule is CC(=O)NCc1ccc(C(=O)COC(=O)C2(c3ccccc3)CC2)s1. The molecule has 1 aromatic carbocycles. The fourth-order valence-electron chi connectivity index (χ4n) is 2.67. The molecule has 0 radical (unpaired) electrons. The number of ketones is 1. The second-order valence-electron chi connectivity index (χ2n) is 6.12. The highest BCUT2D eigenvalue weighted by molar-refractivity contribution is 7.14. The number of rotatable bonds is 7. The lowest BCUT2D eigenvalue weighted by Crippen LogP contribution is -2.25.